The first-order valence-electron chi connectivity index (χ1n) is 4.33. The summed E-state index contributed by atoms with van der Waals surface area (Å²) in [5, 5.41) is 3.33. The molecule has 0 aromatic carbocycles. The molecule has 1 heterocycles. The predicted octanol–water partition coefficient (Wildman–Crippen LogP) is 1.75. The van der Waals surface area contributed by atoms with Crippen LogP contribution in [-0.2, 0) is 0 Å². The summed E-state index contributed by atoms with van der Waals surface area (Å²) < 4.78 is 0. The Morgan fingerprint density at radius 1 is 1.27 bits per heavy atom. The van der Waals surface area contributed by atoms with Gasteiger partial charge in [-0.15, -0.1) is 0 Å². The molecule has 1 rings (SSSR count). The van der Waals surface area contributed by atoms with Gasteiger partial charge in [-0.05, 0) is 19.8 Å². The zero-order valence-corrected chi connectivity index (χ0v) is 7.83. The fourth-order valence-corrected chi connectivity index (χ4v) is 1.44. The summed E-state index contributed by atoms with van der Waals surface area (Å²) in [6.45, 7) is 8.90. The van der Waals surface area contributed by atoms with Crippen LogP contribution in [0.3, 0.4) is 0 Å². The summed E-state index contributed by atoms with van der Waals surface area (Å²) in [6, 6.07) is 0.591. The van der Waals surface area contributed by atoms with Gasteiger partial charge < -0.3 is 10.2 Å². The van der Waals surface area contributed by atoms with Crippen molar-refractivity contribution in [1.29, 1.82) is 0 Å². The molecule has 1 aliphatic rings. The van der Waals surface area contributed by atoms with E-state index in [1.165, 1.54) is 0 Å². The van der Waals surface area contributed by atoms with E-state index in [0.717, 1.165) is 0 Å². The van der Waals surface area contributed by atoms with Crippen LogP contribution in [0.4, 0.5) is 0 Å². The summed E-state index contributed by atoms with van der Waals surface area (Å²) in [5.41, 5.74) is 0. The lowest BCUT2D eigenvalue weighted by Gasteiger charge is -2.31. The van der Waals surface area contributed by atoms with Crippen molar-refractivity contribution < 1.29 is 0 Å². The molecule has 1 atom stereocenters. The van der Waals surface area contributed by atoms with E-state index >= 15 is 0 Å². The summed E-state index contributed by atoms with van der Waals surface area (Å²) in [7, 11) is 0. The zero-order chi connectivity index (χ0) is 8.43. The molecule has 2 nitrogen and oxygen atoms in total. The second-order valence-electron chi connectivity index (χ2n) is 3.71. The van der Waals surface area contributed by atoms with Crippen molar-refractivity contribution in [1.82, 2.24) is 10.2 Å². The van der Waals surface area contributed by atoms with Gasteiger partial charge in [-0.2, -0.15) is 0 Å². The van der Waals surface area contributed by atoms with E-state index in [1.54, 1.807) is 0 Å². The molecule has 1 N–H and O–H groups in total. The SMILES string of the molecule is CC(C)C1NC=CN1C(C)C. The smallest absolute Gasteiger partial charge is 0.101 e. The molecule has 0 aromatic rings. The van der Waals surface area contributed by atoms with E-state index in [0.29, 0.717) is 18.1 Å². The number of rotatable bonds is 2. The highest BCUT2D eigenvalue weighted by Crippen LogP contribution is 2.15. The van der Waals surface area contributed by atoms with Crippen LogP contribution < -0.4 is 5.32 Å². The molecule has 2 heteroatoms. The van der Waals surface area contributed by atoms with Crippen molar-refractivity contribution in [2.24, 2.45) is 5.92 Å². The van der Waals surface area contributed by atoms with Crippen molar-refractivity contribution in [3.8, 4) is 0 Å². The highest BCUT2D eigenvalue weighted by atomic mass is 15.3. The molecular weight excluding hydrogens is 136 g/mol. The molecule has 64 valence electrons. The second kappa shape index (κ2) is 3.16. The Bertz CT molecular complexity index is 150. The Balaban J connectivity index is 2.56. The van der Waals surface area contributed by atoms with Crippen LogP contribution in [0.15, 0.2) is 12.4 Å². The van der Waals surface area contributed by atoms with Crippen LogP contribution in [0.2, 0.25) is 0 Å². The highest BCUT2D eigenvalue weighted by Gasteiger charge is 2.23. The van der Waals surface area contributed by atoms with E-state index in [-0.39, 0.29) is 0 Å². The van der Waals surface area contributed by atoms with Gasteiger partial charge in [-0.1, -0.05) is 13.8 Å². The van der Waals surface area contributed by atoms with Crippen molar-refractivity contribution >= 4 is 0 Å². The van der Waals surface area contributed by atoms with E-state index in [2.05, 4.69) is 44.1 Å². The van der Waals surface area contributed by atoms with Gasteiger partial charge in [0.1, 0.15) is 6.17 Å². The topological polar surface area (TPSA) is 15.3 Å². The minimum atomic E-state index is 0.495. The first-order chi connectivity index (χ1) is 5.13. The third-order valence-electron chi connectivity index (χ3n) is 2.06. The van der Waals surface area contributed by atoms with Crippen molar-refractivity contribution in [2.75, 3.05) is 0 Å². The number of hydrogen-bond donors (Lipinski definition) is 1. The molecule has 1 unspecified atom stereocenters. The van der Waals surface area contributed by atoms with Crippen molar-refractivity contribution in [2.45, 2.75) is 39.9 Å². The Morgan fingerprint density at radius 2 is 1.91 bits per heavy atom. The normalized spacial score (nSPS) is 23.5. The minimum Gasteiger partial charge on any atom is -0.370 e. The lowest BCUT2D eigenvalue weighted by molar-refractivity contribution is 0.183. The molecule has 0 aromatic heterocycles. The van der Waals surface area contributed by atoms with Gasteiger partial charge in [0.2, 0.25) is 0 Å². The zero-order valence-electron chi connectivity index (χ0n) is 7.83. The molecule has 0 saturated heterocycles. The van der Waals surface area contributed by atoms with Crippen molar-refractivity contribution in [3.05, 3.63) is 12.4 Å². The summed E-state index contributed by atoms with van der Waals surface area (Å²) in [6.07, 6.45) is 4.66. The molecule has 11 heavy (non-hydrogen) atoms. The minimum absolute atomic E-state index is 0.495. The van der Waals surface area contributed by atoms with Gasteiger partial charge in [0.25, 0.3) is 0 Å². The number of nitrogens with one attached hydrogen (secondary N) is 1. The molecule has 1 aliphatic heterocycles. The van der Waals surface area contributed by atoms with Gasteiger partial charge in [0.15, 0.2) is 0 Å². The van der Waals surface area contributed by atoms with Gasteiger partial charge >= 0.3 is 0 Å². The van der Waals surface area contributed by atoms with Crippen LogP contribution >= 0.6 is 0 Å². The Kier molecular flexibility index (Phi) is 2.42. The van der Waals surface area contributed by atoms with E-state index in [1.807, 2.05) is 6.20 Å². The third kappa shape index (κ3) is 1.67. The maximum Gasteiger partial charge on any atom is 0.101 e. The van der Waals surface area contributed by atoms with E-state index in [4.69, 9.17) is 0 Å². The largest absolute Gasteiger partial charge is 0.370 e. The Labute approximate surface area is 69.3 Å². The summed E-state index contributed by atoms with van der Waals surface area (Å²) in [5.74, 6) is 0.660. The third-order valence-corrected chi connectivity index (χ3v) is 2.06. The van der Waals surface area contributed by atoms with Crippen LogP contribution in [0.1, 0.15) is 27.7 Å². The standard InChI is InChI=1S/C9H18N2/c1-7(2)9-10-5-6-11(9)8(3)4/h5-10H,1-4H3. The van der Waals surface area contributed by atoms with Crippen molar-refractivity contribution in [3.63, 3.8) is 0 Å². The lowest BCUT2D eigenvalue weighted by Crippen LogP contribution is -2.42. The first kappa shape index (κ1) is 8.44. The molecule has 0 fully saturated rings. The van der Waals surface area contributed by atoms with Crippen LogP contribution in [0, 0.1) is 5.92 Å². The fraction of sp³-hybridized carbons (Fsp3) is 0.778. The van der Waals surface area contributed by atoms with Crippen LogP contribution in [0.5, 0.6) is 0 Å². The molecule has 0 aliphatic carbocycles. The van der Waals surface area contributed by atoms with Gasteiger partial charge in [-0.25, -0.2) is 0 Å². The van der Waals surface area contributed by atoms with Gasteiger partial charge in [-0.3, -0.25) is 0 Å². The fourth-order valence-electron chi connectivity index (χ4n) is 1.44. The van der Waals surface area contributed by atoms with Crippen LogP contribution in [-0.4, -0.2) is 17.1 Å². The van der Waals surface area contributed by atoms with Gasteiger partial charge in [0.05, 0.1) is 0 Å². The van der Waals surface area contributed by atoms with E-state index < -0.39 is 0 Å². The number of nitrogens with zero attached hydrogens (tertiary/aromatic N) is 1. The number of hydrogen-bond acceptors (Lipinski definition) is 2. The molecule has 0 bridgehead atoms. The van der Waals surface area contributed by atoms with Gasteiger partial charge in [0, 0.05) is 18.4 Å². The average molecular weight is 154 g/mol. The summed E-state index contributed by atoms with van der Waals surface area (Å²) in [4.78, 5) is 2.35. The highest BCUT2D eigenvalue weighted by molar-refractivity contribution is 4.96. The second-order valence-corrected chi connectivity index (χ2v) is 3.71. The Morgan fingerprint density at radius 3 is 2.27 bits per heavy atom. The molecule has 0 spiro atoms. The average Bonchev–Trinajstić information content (AvgIpc) is 2.32. The summed E-state index contributed by atoms with van der Waals surface area (Å²) >= 11 is 0. The molecular formula is C9H18N2. The quantitative estimate of drug-likeness (QED) is 0.652. The maximum atomic E-state index is 3.33. The monoisotopic (exact) mass is 154 g/mol. The molecule has 0 amide bonds. The lowest BCUT2D eigenvalue weighted by atomic mass is 10.1. The first-order valence-corrected chi connectivity index (χ1v) is 4.33. The molecule has 0 saturated carbocycles. The maximum absolute atomic E-state index is 3.33. The Hall–Kier alpha value is -0.660. The molecule has 0 radical (unpaired) electrons. The van der Waals surface area contributed by atoms with Crippen LogP contribution in [0.25, 0.3) is 0 Å². The van der Waals surface area contributed by atoms with E-state index in [9.17, 15) is 0 Å². The predicted molar refractivity (Wildman–Crippen MR) is 47.9 cm³/mol.